The Balaban J connectivity index is 2.03. The van der Waals surface area contributed by atoms with Crippen LogP contribution in [0.1, 0.15) is 5.69 Å². The number of nitrogens with two attached hydrogens (primary N) is 1. The van der Waals surface area contributed by atoms with Gasteiger partial charge in [0.2, 0.25) is 0 Å². The van der Waals surface area contributed by atoms with Crippen molar-refractivity contribution in [3.63, 3.8) is 0 Å². The minimum Gasteiger partial charge on any atom is -0.396 e. The summed E-state index contributed by atoms with van der Waals surface area (Å²) in [6, 6.07) is 13.9. The van der Waals surface area contributed by atoms with Crippen molar-refractivity contribution in [1.29, 1.82) is 0 Å². The van der Waals surface area contributed by atoms with Crippen LogP contribution in [0.25, 0.3) is 10.9 Å². The minimum atomic E-state index is 0.683. The summed E-state index contributed by atoms with van der Waals surface area (Å²) in [6.45, 7) is 0.707. The first-order valence-electron chi connectivity index (χ1n) is 6.50. The van der Waals surface area contributed by atoms with Crippen LogP contribution in [-0.4, -0.2) is 17.0 Å². The van der Waals surface area contributed by atoms with Gasteiger partial charge in [-0.05, 0) is 18.2 Å². The van der Waals surface area contributed by atoms with Gasteiger partial charge in [0.05, 0.1) is 35.3 Å². The number of nitrogens with zero attached hydrogens (tertiary/aromatic N) is 3. The Morgan fingerprint density at radius 3 is 2.65 bits per heavy atom. The lowest BCUT2D eigenvalue weighted by Gasteiger charge is -2.22. The quantitative estimate of drug-likeness (QED) is 0.790. The van der Waals surface area contributed by atoms with E-state index < -0.39 is 0 Å². The predicted molar refractivity (Wildman–Crippen MR) is 82.5 cm³/mol. The van der Waals surface area contributed by atoms with Gasteiger partial charge in [-0.2, -0.15) is 0 Å². The number of hydrogen-bond acceptors (Lipinski definition) is 4. The fourth-order valence-corrected chi connectivity index (χ4v) is 2.38. The Hall–Kier alpha value is -2.62. The average molecular weight is 264 g/mol. The van der Waals surface area contributed by atoms with E-state index in [-0.39, 0.29) is 0 Å². The molecule has 0 fully saturated rings. The summed E-state index contributed by atoms with van der Waals surface area (Å²) in [6.07, 6.45) is 3.52. The molecule has 0 bridgehead atoms. The Kier molecular flexibility index (Phi) is 3.21. The van der Waals surface area contributed by atoms with Gasteiger partial charge < -0.3 is 10.6 Å². The highest BCUT2D eigenvalue weighted by molar-refractivity contribution is 5.97. The smallest absolute Gasteiger partial charge is 0.0745 e. The molecule has 0 saturated heterocycles. The monoisotopic (exact) mass is 264 g/mol. The summed E-state index contributed by atoms with van der Waals surface area (Å²) >= 11 is 0. The van der Waals surface area contributed by atoms with E-state index in [1.165, 1.54) is 0 Å². The van der Waals surface area contributed by atoms with Crippen LogP contribution in [0.5, 0.6) is 0 Å². The summed E-state index contributed by atoms with van der Waals surface area (Å²) in [5.74, 6) is 0. The standard InChI is InChI=1S/C16H16N4/c1-20(11-12-6-4-5-9-18-12)16-13-7-2-3-8-15(13)19-10-14(16)17/h2-10H,11,17H2,1H3. The van der Waals surface area contributed by atoms with Crippen LogP contribution in [0.15, 0.2) is 54.9 Å². The van der Waals surface area contributed by atoms with E-state index in [1.54, 1.807) is 12.4 Å². The van der Waals surface area contributed by atoms with Crippen LogP contribution in [0, 0.1) is 0 Å². The molecule has 0 unspecified atom stereocenters. The average Bonchev–Trinajstić information content (AvgIpc) is 2.48. The molecule has 4 heteroatoms. The van der Waals surface area contributed by atoms with Crippen molar-refractivity contribution < 1.29 is 0 Å². The number of nitrogen functional groups attached to an aromatic ring is 1. The first-order chi connectivity index (χ1) is 9.75. The van der Waals surface area contributed by atoms with Crippen LogP contribution in [0.2, 0.25) is 0 Å². The third-order valence-corrected chi connectivity index (χ3v) is 3.28. The lowest BCUT2D eigenvalue weighted by atomic mass is 10.1. The lowest BCUT2D eigenvalue weighted by molar-refractivity contribution is 0.889. The summed E-state index contributed by atoms with van der Waals surface area (Å²) in [5.41, 5.74) is 9.76. The molecule has 20 heavy (non-hydrogen) atoms. The van der Waals surface area contributed by atoms with E-state index in [2.05, 4.69) is 14.9 Å². The van der Waals surface area contributed by atoms with Crippen LogP contribution in [0.3, 0.4) is 0 Å². The summed E-state index contributed by atoms with van der Waals surface area (Å²) in [4.78, 5) is 10.8. The number of rotatable bonds is 3. The summed E-state index contributed by atoms with van der Waals surface area (Å²) < 4.78 is 0. The van der Waals surface area contributed by atoms with E-state index in [0.717, 1.165) is 22.3 Å². The van der Waals surface area contributed by atoms with E-state index in [9.17, 15) is 0 Å². The molecular formula is C16H16N4. The Morgan fingerprint density at radius 1 is 1.05 bits per heavy atom. The van der Waals surface area contributed by atoms with Crippen molar-refractivity contribution >= 4 is 22.3 Å². The van der Waals surface area contributed by atoms with Gasteiger partial charge in [0.15, 0.2) is 0 Å². The molecule has 0 aliphatic rings. The topological polar surface area (TPSA) is 55.0 Å². The van der Waals surface area contributed by atoms with Gasteiger partial charge in [-0.1, -0.05) is 24.3 Å². The van der Waals surface area contributed by atoms with Crippen molar-refractivity contribution in [1.82, 2.24) is 9.97 Å². The highest BCUT2D eigenvalue weighted by Gasteiger charge is 2.11. The number of para-hydroxylation sites is 1. The second-order valence-corrected chi connectivity index (χ2v) is 4.76. The maximum absolute atomic E-state index is 6.12. The van der Waals surface area contributed by atoms with Crippen LogP contribution in [-0.2, 0) is 6.54 Å². The van der Waals surface area contributed by atoms with Crippen LogP contribution in [0.4, 0.5) is 11.4 Å². The van der Waals surface area contributed by atoms with Crippen molar-refractivity contribution in [2.45, 2.75) is 6.54 Å². The fraction of sp³-hybridized carbons (Fsp3) is 0.125. The van der Waals surface area contributed by atoms with Gasteiger partial charge in [0, 0.05) is 18.6 Å². The lowest BCUT2D eigenvalue weighted by Crippen LogP contribution is -2.19. The number of aromatic nitrogens is 2. The van der Waals surface area contributed by atoms with Gasteiger partial charge in [-0.15, -0.1) is 0 Å². The second-order valence-electron chi connectivity index (χ2n) is 4.76. The second kappa shape index (κ2) is 5.17. The number of benzene rings is 1. The van der Waals surface area contributed by atoms with Gasteiger partial charge in [0.1, 0.15) is 0 Å². The zero-order valence-corrected chi connectivity index (χ0v) is 11.3. The van der Waals surface area contributed by atoms with Crippen molar-refractivity contribution in [2.24, 2.45) is 0 Å². The largest absolute Gasteiger partial charge is 0.396 e. The van der Waals surface area contributed by atoms with Gasteiger partial charge in [-0.25, -0.2) is 0 Å². The molecule has 0 atom stereocenters. The molecule has 0 saturated carbocycles. The molecule has 3 aromatic rings. The minimum absolute atomic E-state index is 0.683. The zero-order valence-electron chi connectivity index (χ0n) is 11.3. The molecule has 0 spiro atoms. The van der Waals surface area contributed by atoms with E-state index in [4.69, 9.17) is 5.73 Å². The molecule has 1 aromatic carbocycles. The summed E-state index contributed by atoms with van der Waals surface area (Å²) in [7, 11) is 2.02. The first-order valence-corrected chi connectivity index (χ1v) is 6.50. The van der Waals surface area contributed by atoms with Gasteiger partial charge in [0.25, 0.3) is 0 Å². The highest BCUT2D eigenvalue weighted by atomic mass is 15.1. The maximum Gasteiger partial charge on any atom is 0.0745 e. The molecule has 0 aliphatic carbocycles. The molecular weight excluding hydrogens is 248 g/mol. The number of hydrogen-bond donors (Lipinski definition) is 1. The molecule has 0 aliphatic heterocycles. The molecule has 3 rings (SSSR count). The molecule has 0 amide bonds. The fourth-order valence-electron chi connectivity index (χ4n) is 2.38. The van der Waals surface area contributed by atoms with Crippen molar-refractivity contribution in [3.05, 3.63) is 60.6 Å². The molecule has 2 aromatic heterocycles. The Labute approximate surface area is 117 Å². The SMILES string of the molecule is CN(Cc1ccccn1)c1c(N)cnc2ccccc12. The molecule has 0 radical (unpaired) electrons. The third-order valence-electron chi connectivity index (χ3n) is 3.28. The van der Waals surface area contributed by atoms with Crippen molar-refractivity contribution in [3.8, 4) is 0 Å². The van der Waals surface area contributed by atoms with Gasteiger partial charge in [-0.3, -0.25) is 9.97 Å². The predicted octanol–water partition coefficient (Wildman–Crippen LogP) is 2.85. The van der Waals surface area contributed by atoms with Crippen molar-refractivity contribution in [2.75, 3.05) is 17.7 Å². The maximum atomic E-state index is 6.12. The number of anilines is 2. The highest BCUT2D eigenvalue weighted by Crippen LogP contribution is 2.31. The Bertz CT molecular complexity index is 725. The third kappa shape index (κ3) is 2.28. The van der Waals surface area contributed by atoms with E-state index in [1.807, 2.05) is 49.5 Å². The molecule has 100 valence electrons. The first kappa shape index (κ1) is 12.4. The molecule has 2 heterocycles. The van der Waals surface area contributed by atoms with E-state index >= 15 is 0 Å². The van der Waals surface area contributed by atoms with Crippen LogP contribution < -0.4 is 10.6 Å². The van der Waals surface area contributed by atoms with E-state index in [0.29, 0.717) is 12.2 Å². The zero-order chi connectivity index (χ0) is 13.9. The van der Waals surface area contributed by atoms with Gasteiger partial charge >= 0.3 is 0 Å². The van der Waals surface area contributed by atoms with Crippen LogP contribution >= 0.6 is 0 Å². The normalized spacial score (nSPS) is 10.7. The number of fused-ring (bicyclic) bond motifs is 1. The number of pyridine rings is 2. The molecule has 2 N–H and O–H groups in total. The molecule has 4 nitrogen and oxygen atoms in total. The Morgan fingerprint density at radius 2 is 1.85 bits per heavy atom. The summed E-state index contributed by atoms with van der Waals surface area (Å²) in [5, 5.41) is 1.06.